The Kier molecular flexibility index (Phi) is 4.91. The lowest BCUT2D eigenvalue weighted by atomic mass is 9.92. The van der Waals surface area contributed by atoms with Crippen LogP contribution in [0.25, 0.3) is 0 Å². The highest BCUT2D eigenvalue weighted by atomic mass is 16.3. The average molecular weight is 296 g/mol. The van der Waals surface area contributed by atoms with E-state index in [0.717, 1.165) is 12.8 Å². The van der Waals surface area contributed by atoms with E-state index in [0.29, 0.717) is 19.0 Å². The van der Waals surface area contributed by atoms with E-state index in [1.165, 1.54) is 12.8 Å². The Morgan fingerprint density at radius 1 is 1.43 bits per heavy atom. The van der Waals surface area contributed by atoms with Gasteiger partial charge in [0.1, 0.15) is 0 Å². The third-order valence-electron chi connectivity index (χ3n) is 5.16. The number of hydrogen-bond donors (Lipinski definition) is 2. The maximum atomic E-state index is 12.2. The van der Waals surface area contributed by atoms with Crippen LogP contribution in [0.1, 0.15) is 52.9 Å². The SMILES string of the molecule is CC(C)C(C)(O)CNC(=O)C1CC(=O)N(C2CCCC2)C1. The summed E-state index contributed by atoms with van der Waals surface area (Å²) in [7, 11) is 0. The predicted octanol–water partition coefficient (Wildman–Crippen LogP) is 1.30. The molecule has 0 radical (unpaired) electrons. The van der Waals surface area contributed by atoms with Gasteiger partial charge in [-0.05, 0) is 25.7 Å². The second kappa shape index (κ2) is 6.34. The van der Waals surface area contributed by atoms with Crippen molar-refractivity contribution in [2.45, 2.75) is 64.5 Å². The molecule has 0 aromatic carbocycles. The number of carbonyl (C=O) groups excluding carboxylic acids is 2. The minimum atomic E-state index is -0.913. The van der Waals surface area contributed by atoms with E-state index in [1.807, 2.05) is 18.7 Å². The van der Waals surface area contributed by atoms with Crippen LogP contribution in [0.2, 0.25) is 0 Å². The van der Waals surface area contributed by atoms with Gasteiger partial charge in [0.25, 0.3) is 0 Å². The second-order valence-corrected chi connectivity index (χ2v) is 7.12. The molecular weight excluding hydrogens is 268 g/mol. The molecule has 1 heterocycles. The minimum Gasteiger partial charge on any atom is -0.388 e. The molecular formula is C16H28N2O3. The molecule has 1 aliphatic heterocycles. The summed E-state index contributed by atoms with van der Waals surface area (Å²) in [6.45, 7) is 6.35. The molecule has 0 bridgehead atoms. The number of likely N-dealkylation sites (tertiary alicyclic amines) is 1. The van der Waals surface area contributed by atoms with Crippen molar-refractivity contribution in [1.82, 2.24) is 10.2 Å². The first-order chi connectivity index (χ1) is 9.81. The van der Waals surface area contributed by atoms with Crippen LogP contribution in [0.4, 0.5) is 0 Å². The van der Waals surface area contributed by atoms with Crippen molar-refractivity contribution in [3.8, 4) is 0 Å². The molecule has 2 atom stereocenters. The van der Waals surface area contributed by atoms with E-state index < -0.39 is 5.60 Å². The first-order valence-corrected chi connectivity index (χ1v) is 8.11. The first-order valence-electron chi connectivity index (χ1n) is 8.11. The molecule has 5 heteroatoms. The Hall–Kier alpha value is -1.10. The summed E-state index contributed by atoms with van der Waals surface area (Å²) in [5, 5.41) is 13.0. The number of rotatable bonds is 5. The van der Waals surface area contributed by atoms with E-state index in [4.69, 9.17) is 0 Å². The summed E-state index contributed by atoms with van der Waals surface area (Å²) in [6, 6.07) is 0.342. The molecule has 1 saturated carbocycles. The van der Waals surface area contributed by atoms with Gasteiger partial charge in [0, 0.05) is 25.6 Å². The van der Waals surface area contributed by atoms with Gasteiger partial charge in [0.15, 0.2) is 0 Å². The quantitative estimate of drug-likeness (QED) is 0.803. The maximum Gasteiger partial charge on any atom is 0.225 e. The molecule has 1 aliphatic carbocycles. The van der Waals surface area contributed by atoms with E-state index >= 15 is 0 Å². The standard InChI is InChI=1S/C16H28N2O3/c1-11(2)16(3,21)10-17-15(20)12-8-14(19)18(9-12)13-6-4-5-7-13/h11-13,21H,4-10H2,1-3H3,(H,17,20). The molecule has 2 unspecified atom stereocenters. The number of amides is 2. The Bertz CT molecular complexity index is 400. The fourth-order valence-corrected chi connectivity index (χ4v) is 3.09. The highest BCUT2D eigenvalue weighted by molar-refractivity contribution is 5.89. The normalized spacial score (nSPS) is 26.4. The van der Waals surface area contributed by atoms with Gasteiger partial charge in [-0.15, -0.1) is 0 Å². The van der Waals surface area contributed by atoms with Gasteiger partial charge in [0.05, 0.1) is 11.5 Å². The fraction of sp³-hybridized carbons (Fsp3) is 0.875. The number of nitrogens with zero attached hydrogens (tertiary/aromatic N) is 1. The van der Waals surface area contributed by atoms with Crippen LogP contribution in [-0.4, -0.2) is 46.6 Å². The summed E-state index contributed by atoms with van der Waals surface area (Å²) in [4.78, 5) is 26.2. The second-order valence-electron chi connectivity index (χ2n) is 7.12. The van der Waals surface area contributed by atoms with Crippen LogP contribution >= 0.6 is 0 Å². The minimum absolute atomic E-state index is 0.0676. The van der Waals surface area contributed by atoms with Gasteiger partial charge in [-0.25, -0.2) is 0 Å². The van der Waals surface area contributed by atoms with Crippen molar-refractivity contribution in [2.75, 3.05) is 13.1 Å². The topological polar surface area (TPSA) is 69.6 Å². The third-order valence-corrected chi connectivity index (χ3v) is 5.16. The van der Waals surface area contributed by atoms with Crippen molar-refractivity contribution in [3.05, 3.63) is 0 Å². The molecule has 2 N–H and O–H groups in total. The van der Waals surface area contributed by atoms with Crippen molar-refractivity contribution in [2.24, 2.45) is 11.8 Å². The van der Waals surface area contributed by atoms with Crippen LogP contribution in [-0.2, 0) is 9.59 Å². The van der Waals surface area contributed by atoms with Gasteiger partial charge >= 0.3 is 0 Å². The van der Waals surface area contributed by atoms with Crippen LogP contribution in [0.3, 0.4) is 0 Å². The van der Waals surface area contributed by atoms with Crippen LogP contribution < -0.4 is 5.32 Å². The Balaban J connectivity index is 1.85. The maximum absolute atomic E-state index is 12.2. The molecule has 2 rings (SSSR count). The van der Waals surface area contributed by atoms with Gasteiger partial charge in [-0.2, -0.15) is 0 Å². The lowest BCUT2D eigenvalue weighted by Gasteiger charge is -2.28. The summed E-state index contributed by atoms with van der Waals surface area (Å²) < 4.78 is 0. The summed E-state index contributed by atoms with van der Waals surface area (Å²) in [6.07, 6.45) is 4.82. The molecule has 120 valence electrons. The summed E-state index contributed by atoms with van der Waals surface area (Å²) in [5.74, 6) is -0.193. The van der Waals surface area contributed by atoms with Crippen LogP contribution in [0.15, 0.2) is 0 Å². The van der Waals surface area contributed by atoms with E-state index in [1.54, 1.807) is 6.92 Å². The number of nitrogens with one attached hydrogen (secondary N) is 1. The van der Waals surface area contributed by atoms with E-state index in [2.05, 4.69) is 5.32 Å². The highest BCUT2D eigenvalue weighted by Crippen LogP contribution is 2.29. The monoisotopic (exact) mass is 296 g/mol. The van der Waals surface area contributed by atoms with Crippen molar-refractivity contribution in [3.63, 3.8) is 0 Å². The molecule has 0 spiro atoms. The fourth-order valence-electron chi connectivity index (χ4n) is 3.09. The van der Waals surface area contributed by atoms with Gasteiger partial charge in [0.2, 0.25) is 11.8 Å². The lowest BCUT2D eigenvalue weighted by Crippen LogP contribution is -2.46. The zero-order valence-electron chi connectivity index (χ0n) is 13.4. The zero-order valence-corrected chi connectivity index (χ0v) is 13.4. The summed E-state index contributed by atoms with van der Waals surface area (Å²) in [5.41, 5.74) is -0.913. The lowest BCUT2D eigenvalue weighted by molar-refractivity contribution is -0.130. The largest absolute Gasteiger partial charge is 0.388 e. The van der Waals surface area contributed by atoms with Gasteiger partial charge in [-0.1, -0.05) is 26.7 Å². The van der Waals surface area contributed by atoms with E-state index in [-0.39, 0.29) is 30.2 Å². The molecule has 2 aliphatic rings. The molecule has 2 fully saturated rings. The average Bonchev–Trinajstić information content (AvgIpc) is 3.04. The van der Waals surface area contributed by atoms with Crippen molar-refractivity contribution < 1.29 is 14.7 Å². The summed E-state index contributed by atoms with van der Waals surface area (Å²) >= 11 is 0. The Labute approximate surface area is 127 Å². The molecule has 21 heavy (non-hydrogen) atoms. The molecule has 1 saturated heterocycles. The Morgan fingerprint density at radius 3 is 2.62 bits per heavy atom. The van der Waals surface area contributed by atoms with Crippen molar-refractivity contribution >= 4 is 11.8 Å². The number of carbonyl (C=O) groups is 2. The smallest absolute Gasteiger partial charge is 0.225 e. The van der Waals surface area contributed by atoms with Gasteiger partial charge < -0.3 is 15.3 Å². The first kappa shape index (κ1) is 16.3. The molecule has 2 amide bonds. The predicted molar refractivity (Wildman–Crippen MR) is 80.5 cm³/mol. The third kappa shape index (κ3) is 3.76. The highest BCUT2D eigenvalue weighted by Gasteiger charge is 2.39. The number of aliphatic hydroxyl groups is 1. The molecule has 5 nitrogen and oxygen atoms in total. The Morgan fingerprint density at radius 2 is 2.05 bits per heavy atom. The molecule has 0 aromatic heterocycles. The van der Waals surface area contributed by atoms with Crippen molar-refractivity contribution in [1.29, 1.82) is 0 Å². The van der Waals surface area contributed by atoms with Crippen LogP contribution in [0.5, 0.6) is 0 Å². The van der Waals surface area contributed by atoms with Gasteiger partial charge in [-0.3, -0.25) is 9.59 Å². The number of hydrogen-bond acceptors (Lipinski definition) is 3. The zero-order chi connectivity index (χ0) is 15.6. The van der Waals surface area contributed by atoms with E-state index in [9.17, 15) is 14.7 Å². The molecule has 0 aromatic rings. The van der Waals surface area contributed by atoms with Crippen LogP contribution in [0, 0.1) is 11.8 Å².